The molecule has 0 amide bonds. The van der Waals surface area contributed by atoms with Gasteiger partial charge < -0.3 is 13.7 Å². The summed E-state index contributed by atoms with van der Waals surface area (Å²) in [6, 6.07) is 20.2. The number of rotatable bonds is 4. The van der Waals surface area contributed by atoms with Gasteiger partial charge in [-0.25, -0.2) is 0 Å². The van der Waals surface area contributed by atoms with Crippen LogP contribution >= 0.6 is 0 Å². The summed E-state index contributed by atoms with van der Waals surface area (Å²) in [5.74, 6) is 0. The molecule has 0 N–H and O–H groups in total. The van der Waals surface area contributed by atoms with E-state index in [0.29, 0.717) is 27.9 Å². The minimum absolute atomic E-state index is 0.101. The first-order valence-electron chi connectivity index (χ1n) is 19.1. The van der Waals surface area contributed by atoms with E-state index in [1.54, 1.807) is 35.2 Å². The molecule has 9 aromatic rings. The Balaban J connectivity index is 1.35. The van der Waals surface area contributed by atoms with Crippen LogP contribution < -0.4 is 4.90 Å². The maximum atomic E-state index is 9.42. The molecule has 0 aliphatic carbocycles. The Kier molecular flexibility index (Phi) is 3.36. The highest BCUT2D eigenvalue weighted by molar-refractivity contribution is 6.19. The van der Waals surface area contributed by atoms with Crippen molar-refractivity contribution < 1.29 is 23.9 Å². The topological polar surface area (TPSA) is 29.5 Å². The van der Waals surface area contributed by atoms with Crippen LogP contribution in [0.3, 0.4) is 0 Å². The van der Waals surface area contributed by atoms with E-state index in [-0.39, 0.29) is 27.6 Å². The molecular weight excluding hydrogens is 526 g/mol. The quantitative estimate of drug-likeness (QED) is 0.214. The minimum Gasteiger partial charge on any atom is -0.456 e. The second-order valence-corrected chi connectivity index (χ2v) is 10.1. The molecule has 0 spiro atoms. The molecule has 0 saturated heterocycles. The molecule has 0 radical (unpaired) electrons. The van der Waals surface area contributed by atoms with Crippen molar-refractivity contribution in [2.75, 3.05) is 4.90 Å². The zero-order valence-electron chi connectivity index (χ0n) is 33.3. The molecule has 3 nitrogen and oxygen atoms in total. The SMILES string of the molecule is [2H]c1c([2H])c(N(c2ccccc2)c2cccc3oc4c5ccccc5ccc4c23)c([2H])c([2H])c1-c1c([2H])c([2H])c2oc3c([2H])c([2H])c([2H])c([2H])c3c2c1[2H]. The number of para-hydroxylation sites is 2. The van der Waals surface area contributed by atoms with E-state index in [9.17, 15) is 6.85 Å². The van der Waals surface area contributed by atoms with Crippen LogP contribution in [0.1, 0.15) is 15.1 Å². The summed E-state index contributed by atoms with van der Waals surface area (Å²) in [5.41, 5.74) is 0.753. The van der Waals surface area contributed by atoms with Gasteiger partial charge in [0.2, 0.25) is 0 Å². The van der Waals surface area contributed by atoms with Gasteiger partial charge in [0.1, 0.15) is 22.3 Å². The van der Waals surface area contributed by atoms with Crippen molar-refractivity contribution in [2.24, 2.45) is 0 Å². The molecule has 0 saturated carbocycles. The van der Waals surface area contributed by atoms with Gasteiger partial charge >= 0.3 is 0 Å². The first kappa shape index (κ1) is 15.4. The third-order valence-corrected chi connectivity index (χ3v) is 7.59. The zero-order chi connectivity index (χ0) is 37.9. The molecule has 0 fully saturated rings. The summed E-state index contributed by atoms with van der Waals surface area (Å²) in [4.78, 5) is 1.64. The van der Waals surface area contributed by atoms with Crippen LogP contribution in [0.4, 0.5) is 17.1 Å². The van der Waals surface area contributed by atoms with Gasteiger partial charge in [-0.3, -0.25) is 0 Å². The van der Waals surface area contributed by atoms with E-state index in [4.69, 9.17) is 17.1 Å². The lowest BCUT2D eigenvalue weighted by Crippen LogP contribution is -2.10. The molecular formula is C40H25NO2. The Hall–Kier alpha value is -5.80. The van der Waals surface area contributed by atoms with Crippen LogP contribution in [0.5, 0.6) is 0 Å². The third-order valence-electron chi connectivity index (χ3n) is 7.59. The summed E-state index contributed by atoms with van der Waals surface area (Å²) in [5, 5.41) is 3.00. The van der Waals surface area contributed by atoms with Gasteiger partial charge in [-0.05, 0) is 77.1 Å². The van der Waals surface area contributed by atoms with Crippen LogP contribution in [0, 0.1) is 0 Å². The van der Waals surface area contributed by atoms with Crippen molar-refractivity contribution in [1.29, 1.82) is 0 Å². The minimum atomic E-state index is -0.614. The summed E-state index contributed by atoms with van der Waals surface area (Å²) in [6.07, 6.45) is 0. The summed E-state index contributed by atoms with van der Waals surface area (Å²) in [6.45, 7) is 0. The monoisotopic (exact) mass is 562 g/mol. The predicted molar refractivity (Wildman–Crippen MR) is 179 cm³/mol. The lowest BCUT2D eigenvalue weighted by Gasteiger charge is -2.26. The second-order valence-electron chi connectivity index (χ2n) is 10.1. The fourth-order valence-electron chi connectivity index (χ4n) is 5.66. The molecule has 0 unspecified atom stereocenters. The van der Waals surface area contributed by atoms with Crippen LogP contribution in [-0.4, -0.2) is 0 Å². The van der Waals surface area contributed by atoms with Crippen molar-refractivity contribution in [3.05, 3.63) is 151 Å². The largest absolute Gasteiger partial charge is 0.456 e. The number of nitrogens with zero attached hydrogens (tertiary/aromatic N) is 1. The lowest BCUT2D eigenvalue weighted by atomic mass is 10.0. The Morgan fingerprint density at radius 3 is 2.19 bits per heavy atom. The summed E-state index contributed by atoms with van der Waals surface area (Å²) >= 11 is 0. The fourth-order valence-corrected chi connectivity index (χ4v) is 5.66. The number of benzene rings is 7. The highest BCUT2D eigenvalue weighted by Gasteiger charge is 2.20. The van der Waals surface area contributed by atoms with Crippen LogP contribution in [0.25, 0.3) is 65.8 Å². The Labute approximate surface area is 263 Å². The number of hydrogen-bond donors (Lipinski definition) is 0. The zero-order valence-corrected chi connectivity index (χ0v) is 22.3. The van der Waals surface area contributed by atoms with E-state index in [0.717, 1.165) is 16.2 Å². The average Bonchev–Trinajstić information content (AvgIpc) is 3.78. The van der Waals surface area contributed by atoms with Crippen molar-refractivity contribution >= 4 is 71.7 Å². The van der Waals surface area contributed by atoms with Crippen molar-refractivity contribution in [3.63, 3.8) is 0 Å². The third kappa shape index (κ3) is 3.75. The van der Waals surface area contributed by atoms with Gasteiger partial charge in [0.25, 0.3) is 0 Å². The van der Waals surface area contributed by atoms with E-state index >= 15 is 0 Å². The van der Waals surface area contributed by atoms with Gasteiger partial charge in [0.15, 0.2) is 0 Å². The average molecular weight is 563 g/mol. The number of hydrogen-bond acceptors (Lipinski definition) is 3. The standard InChI is InChI=1S/C40H25NO2/c1-2-10-29(11-3-1)41(35-14-8-16-38-39(35)33-23-19-27-9-4-5-12-31(27)40(33)43-38)30-21-17-26(18-22-30)28-20-24-37-34(25-28)32-13-6-7-15-36(32)42-37/h1-25H/i6D,7D,13D,15D,17D,18D,20D,21D,22D,24D,25D. The number of furan rings is 2. The van der Waals surface area contributed by atoms with E-state index in [1.807, 2.05) is 54.6 Å². The Bertz CT molecular complexity index is 3050. The molecule has 2 aromatic heterocycles. The molecule has 43 heavy (non-hydrogen) atoms. The normalized spacial score (nSPS) is 15.3. The molecule has 0 atom stereocenters. The number of anilines is 3. The first-order valence-corrected chi connectivity index (χ1v) is 13.6. The highest BCUT2D eigenvalue weighted by atomic mass is 16.3. The van der Waals surface area contributed by atoms with Gasteiger partial charge in [-0.2, -0.15) is 0 Å². The maximum Gasteiger partial charge on any atom is 0.143 e. The summed E-state index contributed by atoms with van der Waals surface area (Å²) in [7, 11) is 0. The molecule has 0 aliphatic heterocycles. The number of fused-ring (bicyclic) bond motifs is 8. The Morgan fingerprint density at radius 2 is 1.28 bits per heavy atom. The first-order chi connectivity index (χ1) is 25.9. The summed E-state index contributed by atoms with van der Waals surface area (Å²) < 4.78 is 110. The molecule has 9 rings (SSSR count). The Morgan fingerprint density at radius 1 is 0.488 bits per heavy atom. The van der Waals surface area contributed by atoms with E-state index in [2.05, 4.69) is 0 Å². The lowest BCUT2D eigenvalue weighted by molar-refractivity contribution is 0.669. The second kappa shape index (κ2) is 9.37. The van der Waals surface area contributed by atoms with Gasteiger partial charge in [-0.1, -0.05) is 90.9 Å². The van der Waals surface area contributed by atoms with Gasteiger partial charge in [0, 0.05) is 32.9 Å². The maximum absolute atomic E-state index is 9.42. The highest BCUT2D eigenvalue weighted by Crippen LogP contribution is 2.44. The van der Waals surface area contributed by atoms with Crippen LogP contribution in [0.15, 0.2) is 160 Å². The van der Waals surface area contributed by atoms with Crippen LogP contribution in [0.2, 0.25) is 0 Å². The predicted octanol–water partition coefficient (Wildman–Crippen LogP) is 11.8. The van der Waals surface area contributed by atoms with E-state index < -0.39 is 77.6 Å². The van der Waals surface area contributed by atoms with E-state index in [1.165, 1.54) is 0 Å². The fraction of sp³-hybridized carbons (Fsp3) is 0. The molecule has 0 bridgehead atoms. The molecule has 7 aromatic carbocycles. The van der Waals surface area contributed by atoms with Crippen molar-refractivity contribution in [1.82, 2.24) is 0 Å². The van der Waals surface area contributed by atoms with Crippen LogP contribution in [-0.2, 0) is 0 Å². The van der Waals surface area contributed by atoms with Gasteiger partial charge in [0.05, 0.1) is 26.2 Å². The smallest absolute Gasteiger partial charge is 0.143 e. The van der Waals surface area contributed by atoms with Crippen molar-refractivity contribution in [2.45, 2.75) is 0 Å². The molecule has 2 heterocycles. The molecule has 0 aliphatic rings. The molecule has 202 valence electrons. The van der Waals surface area contributed by atoms with Crippen molar-refractivity contribution in [3.8, 4) is 11.1 Å². The molecule has 3 heteroatoms. The van der Waals surface area contributed by atoms with Gasteiger partial charge in [-0.15, -0.1) is 0 Å².